The van der Waals surface area contributed by atoms with Crippen LogP contribution in [0.1, 0.15) is 57.1 Å². The Kier molecular flexibility index (Phi) is 12.2. The summed E-state index contributed by atoms with van der Waals surface area (Å²) in [5.74, 6) is 0.352. The van der Waals surface area contributed by atoms with Crippen LogP contribution in [-0.2, 0) is 6.42 Å². The van der Waals surface area contributed by atoms with Crippen LogP contribution >= 0.6 is 15.9 Å². The van der Waals surface area contributed by atoms with Gasteiger partial charge in [-0.05, 0) is 65.5 Å². The van der Waals surface area contributed by atoms with Gasteiger partial charge in [-0.2, -0.15) is 0 Å². The third-order valence-electron chi connectivity index (χ3n) is 4.20. The fourth-order valence-electron chi connectivity index (χ4n) is 2.76. The summed E-state index contributed by atoms with van der Waals surface area (Å²) < 4.78 is 24.6. The van der Waals surface area contributed by atoms with Crippen LogP contribution in [0.2, 0.25) is 0 Å². The molecule has 1 amide bonds. The van der Waals surface area contributed by atoms with Gasteiger partial charge >= 0.3 is 0 Å². The van der Waals surface area contributed by atoms with Crippen LogP contribution in [0.15, 0.2) is 51.9 Å². The Morgan fingerprint density at radius 3 is 2.56 bits per heavy atom. The van der Waals surface area contributed by atoms with E-state index in [2.05, 4.69) is 31.2 Å². The van der Waals surface area contributed by atoms with Gasteiger partial charge in [-0.25, -0.2) is 9.37 Å². The van der Waals surface area contributed by atoms with Crippen LogP contribution in [0.5, 0.6) is 5.75 Å². The topological polar surface area (TPSA) is 77.2 Å². The smallest absolute Gasteiger partial charge is 0.274 e. The summed E-state index contributed by atoms with van der Waals surface area (Å²) in [7, 11) is 1.58. The molecule has 6 nitrogen and oxygen atoms in total. The molecule has 0 unspecified atom stereocenters. The van der Waals surface area contributed by atoms with Crippen molar-refractivity contribution in [2.45, 2.75) is 53.5 Å². The molecular formula is C24H31BrFN3O3. The number of carbonyl (C=O) groups excluding carboxylic acids is 1. The number of halogens is 2. The van der Waals surface area contributed by atoms with E-state index >= 15 is 0 Å². The number of carbonyl (C=O) groups is 1. The first-order valence-electron chi connectivity index (χ1n) is 10.7. The molecule has 1 aromatic carbocycles. The largest absolute Gasteiger partial charge is 0.496 e. The highest BCUT2D eigenvalue weighted by atomic mass is 79.9. The van der Waals surface area contributed by atoms with Crippen LogP contribution in [0.4, 0.5) is 4.39 Å². The SMILES string of the molecule is CC.CC.COc1ccc(-c2ocnc2C(=O)N[C@@H](C)CCc2cncc(F)c2)cc1Br. The van der Waals surface area contributed by atoms with Gasteiger partial charge in [0.15, 0.2) is 17.8 Å². The molecule has 174 valence electrons. The Morgan fingerprint density at radius 2 is 1.94 bits per heavy atom. The minimum absolute atomic E-state index is 0.136. The number of hydrogen-bond acceptors (Lipinski definition) is 5. The first-order valence-corrected chi connectivity index (χ1v) is 11.4. The first kappa shape index (κ1) is 27.3. The Balaban J connectivity index is 0.00000121. The van der Waals surface area contributed by atoms with Crippen molar-refractivity contribution in [3.05, 3.63) is 64.6 Å². The first-order chi connectivity index (χ1) is 15.5. The zero-order valence-electron chi connectivity index (χ0n) is 19.4. The lowest BCUT2D eigenvalue weighted by atomic mass is 10.1. The number of pyridine rings is 1. The Labute approximate surface area is 197 Å². The zero-order valence-corrected chi connectivity index (χ0v) is 21.0. The quantitative estimate of drug-likeness (QED) is 0.397. The second kappa shape index (κ2) is 14.3. The Hall–Kier alpha value is -2.74. The van der Waals surface area contributed by atoms with Crippen molar-refractivity contribution < 1.29 is 18.3 Å². The number of ether oxygens (including phenoxy) is 1. The van der Waals surface area contributed by atoms with Gasteiger partial charge in [0.2, 0.25) is 0 Å². The number of aromatic nitrogens is 2. The number of nitrogens with one attached hydrogen (secondary N) is 1. The molecule has 0 aliphatic heterocycles. The zero-order chi connectivity index (χ0) is 24.1. The molecule has 0 saturated heterocycles. The standard InChI is InChI=1S/C20H19BrFN3O3.2C2H6/c1-12(3-4-13-7-15(22)10-23-9-13)25-20(26)18-19(28-11-24-18)14-5-6-17(27-2)16(21)8-14;2*1-2/h5-12H,3-4H2,1-2H3,(H,25,26);2*1-2H3/t12-;;/m0../s1. The summed E-state index contributed by atoms with van der Waals surface area (Å²) in [5, 5.41) is 2.90. The molecule has 0 fully saturated rings. The van der Waals surface area contributed by atoms with Gasteiger partial charge in [0.1, 0.15) is 11.6 Å². The predicted octanol–water partition coefficient (Wildman–Crippen LogP) is 6.45. The van der Waals surface area contributed by atoms with E-state index in [4.69, 9.17) is 9.15 Å². The third-order valence-corrected chi connectivity index (χ3v) is 4.82. The molecule has 2 heterocycles. The molecule has 1 atom stereocenters. The van der Waals surface area contributed by atoms with E-state index in [0.29, 0.717) is 29.9 Å². The highest BCUT2D eigenvalue weighted by Crippen LogP contribution is 2.31. The van der Waals surface area contributed by atoms with Gasteiger partial charge in [0.25, 0.3) is 5.91 Å². The lowest BCUT2D eigenvalue weighted by Gasteiger charge is -2.13. The van der Waals surface area contributed by atoms with Gasteiger partial charge in [-0.15, -0.1) is 0 Å². The van der Waals surface area contributed by atoms with Gasteiger partial charge in [-0.1, -0.05) is 27.7 Å². The van der Waals surface area contributed by atoms with E-state index in [1.54, 1.807) is 31.5 Å². The summed E-state index contributed by atoms with van der Waals surface area (Å²) in [5.41, 5.74) is 1.69. The fraction of sp³-hybridized carbons (Fsp3) is 0.375. The number of oxazole rings is 1. The molecule has 0 bridgehead atoms. The maximum absolute atomic E-state index is 13.2. The number of aryl methyl sites for hydroxylation is 1. The van der Waals surface area contributed by atoms with E-state index in [-0.39, 0.29) is 23.5 Å². The van der Waals surface area contributed by atoms with Crippen LogP contribution in [0.25, 0.3) is 11.3 Å². The molecule has 0 aliphatic rings. The molecule has 8 heteroatoms. The summed E-state index contributed by atoms with van der Waals surface area (Å²) >= 11 is 3.42. The average molecular weight is 508 g/mol. The second-order valence-corrected chi connectivity index (χ2v) is 7.16. The number of rotatable bonds is 7. The normalized spacial score (nSPS) is 10.8. The van der Waals surface area contributed by atoms with Gasteiger partial charge < -0.3 is 14.5 Å². The van der Waals surface area contributed by atoms with E-state index in [1.165, 1.54) is 18.7 Å². The molecule has 0 spiro atoms. The summed E-state index contributed by atoms with van der Waals surface area (Å²) in [4.78, 5) is 20.5. The fourth-order valence-corrected chi connectivity index (χ4v) is 3.30. The number of nitrogens with zero attached hydrogens (tertiary/aromatic N) is 2. The van der Waals surface area contributed by atoms with Crippen molar-refractivity contribution in [3.8, 4) is 17.1 Å². The molecule has 32 heavy (non-hydrogen) atoms. The van der Waals surface area contributed by atoms with E-state index in [9.17, 15) is 9.18 Å². The number of methoxy groups -OCH3 is 1. The van der Waals surface area contributed by atoms with Crippen LogP contribution in [-0.4, -0.2) is 29.0 Å². The van der Waals surface area contributed by atoms with Crippen molar-refractivity contribution in [3.63, 3.8) is 0 Å². The molecule has 1 N–H and O–H groups in total. The summed E-state index contributed by atoms with van der Waals surface area (Å²) in [6, 6.07) is 6.68. The van der Waals surface area contributed by atoms with E-state index in [1.807, 2.05) is 34.6 Å². The molecular weight excluding hydrogens is 477 g/mol. The van der Waals surface area contributed by atoms with Crippen molar-refractivity contribution >= 4 is 21.8 Å². The van der Waals surface area contributed by atoms with Crippen molar-refractivity contribution in [1.29, 1.82) is 0 Å². The molecule has 0 aliphatic carbocycles. The van der Waals surface area contributed by atoms with Gasteiger partial charge in [-0.3, -0.25) is 9.78 Å². The predicted molar refractivity (Wildman–Crippen MR) is 128 cm³/mol. The molecule has 0 saturated carbocycles. The molecule has 0 radical (unpaired) electrons. The minimum Gasteiger partial charge on any atom is -0.496 e. The lowest BCUT2D eigenvalue weighted by Crippen LogP contribution is -2.33. The van der Waals surface area contributed by atoms with E-state index in [0.717, 1.165) is 10.0 Å². The average Bonchev–Trinajstić information content (AvgIpc) is 3.31. The van der Waals surface area contributed by atoms with Crippen LogP contribution in [0.3, 0.4) is 0 Å². The Morgan fingerprint density at radius 1 is 1.22 bits per heavy atom. The van der Waals surface area contributed by atoms with Crippen molar-refractivity contribution in [2.75, 3.05) is 7.11 Å². The maximum atomic E-state index is 13.2. The van der Waals surface area contributed by atoms with Crippen LogP contribution in [0, 0.1) is 5.82 Å². The molecule has 3 aromatic rings. The summed E-state index contributed by atoms with van der Waals surface area (Å²) in [6.07, 6.45) is 5.26. The molecule has 3 rings (SSSR count). The third kappa shape index (κ3) is 7.75. The second-order valence-electron chi connectivity index (χ2n) is 6.30. The number of hydrogen-bond donors (Lipinski definition) is 1. The number of amides is 1. The maximum Gasteiger partial charge on any atom is 0.274 e. The van der Waals surface area contributed by atoms with E-state index < -0.39 is 0 Å². The van der Waals surface area contributed by atoms with Crippen LogP contribution < -0.4 is 10.1 Å². The highest BCUT2D eigenvalue weighted by Gasteiger charge is 2.20. The number of benzene rings is 1. The highest BCUT2D eigenvalue weighted by molar-refractivity contribution is 9.10. The van der Waals surface area contributed by atoms with Gasteiger partial charge in [0, 0.05) is 17.8 Å². The monoisotopic (exact) mass is 507 g/mol. The van der Waals surface area contributed by atoms with Crippen molar-refractivity contribution in [1.82, 2.24) is 15.3 Å². The van der Waals surface area contributed by atoms with Crippen molar-refractivity contribution in [2.24, 2.45) is 0 Å². The minimum atomic E-state index is -0.368. The van der Waals surface area contributed by atoms with Gasteiger partial charge in [0.05, 0.1) is 17.8 Å². The summed E-state index contributed by atoms with van der Waals surface area (Å²) in [6.45, 7) is 9.88. The molecule has 2 aromatic heterocycles. The lowest BCUT2D eigenvalue weighted by molar-refractivity contribution is 0.0934. The Bertz CT molecular complexity index is 979.